The van der Waals surface area contributed by atoms with Crippen molar-refractivity contribution in [3.63, 3.8) is 0 Å². The molecule has 1 saturated heterocycles. The first-order valence-corrected chi connectivity index (χ1v) is 14.4. The highest BCUT2D eigenvalue weighted by atomic mass is 19.1. The van der Waals surface area contributed by atoms with Gasteiger partial charge in [0.2, 0.25) is 5.91 Å². The van der Waals surface area contributed by atoms with Crippen molar-refractivity contribution in [3.8, 4) is 5.75 Å². The summed E-state index contributed by atoms with van der Waals surface area (Å²) in [4.78, 5) is 45.7. The Morgan fingerprint density at radius 2 is 1.51 bits per heavy atom. The topological polar surface area (TPSA) is 75.7 Å². The van der Waals surface area contributed by atoms with Gasteiger partial charge in [-0.3, -0.25) is 14.4 Å². The molecule has 4 aromatic rings. The van der Waals surface area contributed by atoms with Crippen molar-refractivity contribution in [2.45, 2.75) is 37.5 Å². The Labute approximate surface area is 248 Å². The standard InChI is InChI=1S/C36H29FN2O4/c1-21(2)43-26-17-13-24(14-18-26)33(41)31-30(32(40)23-11-15-25(37)16-12-23)36(28-9-5-6-10-29(28)38-35(36)42)34-27-8-4-3-7-22(27)19-20-39(31)34/h3-21,30-31,34H,1-2H3,(H,38,42)/t30-,31-,34-,36+/m1/s1. The minimum absolute atomic E-state index is 0.0331. The monoisotopic (exact) mass is 572 g/mol. The lowest BCUT2D eigenvalue weighted by molar-refractivity contribution is -0.122. The van der Waals surface area contributed by atoms with Gasteiger partial charge in [0, 0.05) is 23.0 Å². The highest BCUT2D eigenvalue weighted by Gasteiger charge is 2.70. The number of para-hydroxylation sites is 1. The fourth-order valence-corrected chi connectivity index (χ4v) is 7.10. The summed E-state index contributed by atoms with van der Waals surface area (Å²) in [6, 6.07) is 25.6. The van der Waals surface area contributed by atoms with Crippen LogP contribution < -0.4 is 10.1 Å². The van der Waals surface area contributed by atoms with E-state index in [1.54, 1.807) is 24.3 Å². The van der Waals surface area contributed by atoms with Crippen LogP contribution in [-0.4, -0.2) is 34.5 Å². The van der Waals surface area contributed by atoms with Crippen molar-refractivity contribution < 1.29 is 23.5 Å². The first kappa shape index (κ1) is 26.8. The number of rotatable bonds is 6. The maximum atomic E-state index is 14.7. The van der Waals surface area contributed by atoms with Crippen molar-refractivity contribution in [2.75, 3.05) is 5.32 Å². The summed E-state index contributed by atoms with van der Waals surface area (Å²) in [6.07, 6.45) is 3.72. The van der Waals surface area contributed by atoms with Crippen LogP contribution in [0.4, 0.5) is 10.1 Å². The van der Waals surface area contributed by atoms with Crippen LogP contribution in [0.2, 0.25) is 0 Å². The molecule has 0 unspecified atom stereocenters. The van der Waals surface area contributed by atoms with Gasteiger partial charge >= 0.3 is 0 Å². The summed E-state index contributed by atoms with van der Waals surface area (Å²) in [7, 11) is 0. The van der Waals surface area contributed by atoms with Crippen molar-refractivity contribution in [3.05, 3.63) is 137 Å². The second-order valence-corrected chi connectivity index (χ2v) is 11.5. The number of nitrogens with zero attached hydrogens (tertiary/aromatic N) is 1. The Hall–Kier alpha value is -5.04. The Balaban J connectivity index is 1.47. The molecule has 0 aliphatic carbocycles. The van der Waals surface area contributed by atoms with Crippen LogP contribution in [-0.2, 0) is 10.2 Å². The lowest BCUT2D eigenvalue weighted by Crippen LogP contribution is -2.49. The maximum Gasteiger partial charge on any atom is 0.238 e. The lowest BCUT2D eigenvalue weighted by atomic mass is 9.62. The molecule has 4 aromatic carbocycles. The van der Waals surface area contributed by atoms with E-state index in [1.165, 1.54) is 24.3 Å². The van der Waals surface area contributed by atoms with E-state index >= 15 is 0 Å². The molecule has 7 heteroatoms. The van der Waals surface area contributed by atoms with Gasteiger partial charge in [0.1, 0.15) is 23.0 Å². The van der Waals surface area contributed by atoms with Crippen LogP contribution in [0.15, 0.2) is 103 Å². The molecule has 1 spiro atoms. The molecule has 0 aromatic heterocycles. The van der Waals surface area contributed by atoms with Crippen molar-refractivity contribution in [1.29, 1.82) is 0 Å². The third-order valence-electron chi connectivity index (χ3n) is 8.76. The molecule has 3 aliphatic rings. The van der Waals surface area contributed by atoms with E-state index in [4.69, 9.17) is 4.74 Å². The fourth-order valence-electron chi connectivity index (χ4n) is 7.10. The SMILES string of the molecule is CC(C)Oc1ccc(C(=O)[C@H]2[C@H](C(=O)c3ccc(F)cc3)[C@]3(C(=O)Nc4ccccc43)[C@H]3c4ccccc4C=CN23)cc1. The normalized spacial score (nSPS) is 23.1. The second kappa shape index (κ2) is 10.1. The maximum absolute atomic E-state index is 14.7. The fraction of sp³-hybridized carbons (Fsp3) is 0.194. The van der Waals surface area contributed by atoms with Crippen LogP contribution in [0.3, 0.4) is 0 Å². The Morgan fingerprint density at radius 1 is 0.860 bits per heavy atom. The first-order chi connectivity index (χ1) is 20.8. The number of carbonyl (C=O) groups excluding carboxylic acids is 3. The van der Waals surface area contributed by atoms with Gasteiger partial charge in [0.15, 0.2) is 11.6 Å². The number of carbonyl (C=O) groups is 3. The van der Waals surface area contributed by atoms with Gasteiger partial charge < -0.3 is 15.0 Å². The van der Waals surface area contributed by atoms with Crippen molar-refractivity contribution >= 4 is 29.2 Å². The van der Waals surface area contributed by atoms with Crippen molar-refractivity contribution in [2.24, 2.45) is 5.92 Å². The number of hydrogen-bond donors (Lipinski definition) is 1. The number of Topliss-reactive ketones (excluding diaryl/α,β-unsaturated/α-hetero) is 2. The number of amides is 1. The molecular formula is C36H29FN2O4. The Morgan fingerprint density at radius 3 is 2.26 bits per heavy atom. The first-order valence-electron chi connectivity index (χ1n) is 14.4. The molecule has 3 aliphatic heterocycles. The largest absolute Gasteiger partial charge is 0.491 e. The van der Waals surface area contributed by atoms with Crippen LogP contribution in [0.25, 0.3) is 6.08 Å². The second-order valence-electron chi connectivity index (χ2n) is 11.5. The van der Waals surface area contributed by atoms with E-state index in [-0.39, 0.29) is 23.4 Å². The van der Waals surface area contributed by atoms with Gasteiger partial charge in [-0.25, -0.2) is 4.39 Å². The zero-order chi connectivity index (χ0) is 29.9. The molecule has 0 radical (unpaired) electrons. The van der Waals surface area contributed by atoms with E-state index in [9.17, 15) is 18.8 Å². The summed E-state index contributed by atoms with van der Waals surface area (Å²) in [5.41, 5.74) is 2.23. The third kappa shape index (κ3) is 4.02. The minimum Gasteiger partial charge on any atom is -0.491 e. The van der Waals surface area contributed by atoms with E-state index in [2.05, 4.69) is 5.32 Å². The van der Waals surface area contributed by atoms with E-state index in [0.29, 0.717) is 22.6 Å². The predicted octanol–water partition coefficient (Wildman–Crippen LogP) is 6.59. The van der Waals surface area contributed by atoms with Gasteiger partial charge in [-0.1, -0.05) is 42.5 Å². The van der Waals surface area contributed by atoms with E-state index < -0.39 is 35.0 Å². The molecular weight excluding hydrogens is 543 g/mol. The van der Waals surface area contributed by atoms with E-state index in [1.807, 2.05) is 79.6 Å². The Kier molecular flexibility index (Phi) is 6.27. The zero-order valence-corrected chi connectivity index (χ0v) is 23.7. The van der Waals surface area contributed by atoms with Gasteiger partial charge in [-0.15, -0.1) is 0 Å². The third-order valence-corrected chi connectivity index (χ3v) is 8.76. The average Bonchev–Trinajstić information content (AvgIpc) is 3.49. The summed E-state index contributed by atoms with van der Waals surface area (Å²) < 4.78 is 19.8. The lowest BCUT2D eigenvalue weighted by Gasteiger charge is -2.38. The smallest absolute Gasteiger partial charge is 0.238 e. The molecule has 214 valence electrons. The number of benzene rings is 4. The number of hydrogen-bond acceptors (Lipinski definition) is 5. The van der Waals surface area contributed by atoms with E-state index in [0.717, 1.165) is 11.1 Å². The highest BCUT2D eigenvalue weighted by Crippen LogP contribution is 2.62. The van der Waals surface area contributed by atoms with Crippen LogP contribution in [0.5, 0.6) is 5.75 Å². The predicted molar refractivity (Wildman–Crippen MR) is 161 cm³/mol. The quantitative estimate of drug-likeness (QED) is 0.264. The zero-order valence-electron chi connectivity index (χ0n) is 23.7. The minimum atomic E-state index is -1.44. The number of fused-ring (bicyclic) bond motifs is 6. The van der Waals surface area contributed by atoms with Crippen molar-refractivity contribution in [1.82, 2.24) is 4.90 Å². The summed E-state index contributed by atoms with van der Waals surface area (Å²) in [6.45, 7) is 3.85. The molecule has 0 bridgehead atoms. The summed E-state index contributed by atoms with van der Waals surface area (Å²) in [5.74, 6) is -2.01. The number of nitrogens with one attached hydrogen (secondary N) is 1. The summed E-state index contributed by atoms with van der Waals surface area (Å²) in [5, 5.41) is 3.03. The molecule has 1 amide bonds. The molecule has 1 fully saturated rings. The van der Waals surface area contributed by atoms with Crippen LogP contribution in [0, 0.1) is 11.7 Å². The van der Waals surface area contributed by atoms with Gasteiger partial charge in [0.05, 0.1) is 18.1 Å². The molecule has 1 N–H and O–H groups in total. The summed E-state index contributed by atoms with van der Waals surface area (Å²) >= 11 is 0. The number of anilines is 1. The molecule has 7 rings (SSSR count). The molecule has 6 nitrogen and oxygen atoms in total. The molecule has 3 heterocycles. The number of halogens is 1. The van der Waals surface area contributed by atoms with Gasteiger partial charge in [0.25, 0.3) is 0 Å². The Bertz CT molecular complexity index is 1800. The number of ether oxygens (including phenoxy) is 1. The number of ketones is 2. The van der Waals surface area contributed by atoms with Crippen LogP contribution >= 0.6 is 0 Å². The molecule has 0 saturated carbocycles. The van der Waals surface area contributed by atoms with Gasteiger partial charge in [-0.05, 0) is 91.2 Å². The molecule has 43 heavy (non-hydrogen) atoms. The van der Waals surface area contributed by atoms with Gasteiger partial charge in [-0.2, -0.15) is 0 Å². The highest BCUT2D eigenvalue weighted by molar-refractivity contribution is 6.16. The van der Waals surface area contributed by atoms with Crippen LogP contribution in [0.1, 0.15) is 57.3 Å². The average molecular weight is 573 g/mol. The molecule has 4 atom stereocenters.